The first-order valence-corrected chi connectivity index (χ1v) is 15.8. The fraction of sp³-hybridized carbons (Fsp3) is 0.324. The highest BCUT2D eigenvalue weighted by molar-refractivity contribution is 6.09. The van der Waals surface area contributed by atoms with Crippen molar-refractivity contribution in [2.75, 3.05) is 13.1 Å². The molecular formula is C34H38N8O6. The summed E-state index contributed by atoms with van der Waals surface area (Å²) in [5.41, 5.74) is 5.10. The highest BCUT2D eigenvalue weighted by Gasteiger charge is 2.19. The molecule has 5 rings (SSSR count). The second kappa shape index (κ2) is 16.3. The molecule has 5 aromatic rings. The first-order valence-electron chi connectivity index (χ1n) is 15.8. The standard InChI is InChI=1S/C34H38N8O6/c43-30(35-17-3-7-31(44)45)16-14-27(34(48)36-18-4-8-32(46)47)37-20-22-9-11-23(12-10-22)21-42-28-6-2-1-5-25(28)26-19-24(13-15-29(26)42)33-38-40-41-39-33/h1-2,5-6,9-13,15,19,27,37H,3-4,7-8,14,16-18,20-21H2,(H,35,43)(H,36,48)(H,44,45)(H,46,47)(H,38,39,40,41). The maximum Gasteiger partial charge on any atom is 0.303 e. The molecule has 250 valence electrons. The minimum absolute atomic E-state index is 0.0376. The van der Waals surface area contributed by atoms with Gasteiger partial charge < -0.3 is 30.7 Å². The van der Waals surface area contributed by atoms with E-state index >= 15 is 0 Å². The van der Waals surface area contributed by atoms with Crippen molar-refractivity contribution in [2.45, 2.75) is 57.7 Å². The van der Waals surface area contributed by atoms with Gasteiger partial charge in [0.25, 0.3) is 0 Å². The van der Waals surface area contributed by atoms with Crippen LogP contribution in [0.25, 0.3) is 33.2 Å². The van der Waals surface area contributed by atoms with E-state index in [0.29, 0.717) is 31.8 Å². The lowest BCUT2D eigenvalue weighted by atomic mass is 10.1. The summed E-state index contributed by atoms with van der Waals surface area (Å²) in [6.45, 7) is 1.47. The molecule has 14 heteroatoms. The van der Waals surface area contributed by atoms with Gasteiger partial charge in [0.05, 0.1) is 6.04 Å². The Morgan fingerprint density at radius 1 is 0.792 bits per heavy atom. The van der Waals surface area contributed by atoms with E-state index in [9.17, 15) is 19.2 Å². The number of hydrogen-bond donors (Lipinski definition) is 6. The van der Waals surface area contributed by atoms with E-state index < -0.39 is 18.0 Å². The molecule has 0 saturated heterocycles. The largest absolute Gasteiger partial charge is 0.481 e. The summed E-state index contributed by atoms with van der Waals surface area (Å²) in [7, 11) is 0. The minimum Gasteiger partial charge on any atom is -0.481 e. The number of carboxylic acids is 2. The number of aromatic nitrogens is 5. The third kappa shape index (κ3) is 9.00. The molecule has 2 heterocycles. The van der Waals surface area contributed by atoms with Crippen LogP contribution in [0.3, 0.4) is 0 Å². The zero-order chi connectivity index (χ0) is 33.9. The van der Waals surface area contributed by atoms with Crippen molar-refractivity contribution in [1.29, 1.82) is 0 Å². The second-order valence-corrected chi connectivity index (χ2v) is 11.5. The number of fused-ring (bicyclic) bond motifs is 3. The Morgan fingerprint density at radius 3 is 2.19 bits per heavy atom. The average molecular weight is 655 g/mol. The summed E-state index contributed by atoms with van der Waals surface area (Å²) in [6, 6.07) is 21.8. The smallest absolute Gasteiger partial charge is 0.303 e. The lowest BCUT2D eigenvalue weighted by Gasteiger charge is -2.19. The van der Waals surface area contributed by atoms with Crippen LogP contribution in [-0.4, -0.2) is 78.3 Å². The van der Waals surface area contributed by atoms with Gasteiger partial charge in [-0.05, 0) is 59.9 Å². The number of nitrogens with one attached hydrogen (secondary N) is 4. The van der Waals surface area contributed by atoms with Crippen molar-refractivity contribution in [3.63, 3.8) is 0 Å². The molecule has 0 saturated carbocycles. The van der Waals surface area contributed by atoms with E-state index in [1.54, 1.807) is 0 Å². The Balaban J connectivity index is 1.23. The fourth-order valence-corrected chi connectivity index (χ4v) is 5.56. The summed E-state index contributed by atoms with van der Waals surface area (Å²) in [5, 5.41) is 43.0. The van der Waals surface area contributed by atoms with Crippen molar-refractivity contribution in [3.05, 3.63) is 77.9 Å². The van der Waals surface area contributed by atoms with E-state index in [1.165, 1.54) is 0 Å². The van der Waals surface area contributed by atoms with Crippen LogP contribution in [0.5, 0.6) is 0 Å². The van der Waals surface area contributed by atoms with Crippen molar-refractivity contribution in [3.8, 4) is 11.4 Å². The van der Waals surface area contributed by atoms with Gasteiger partial charge in [0.15, 0.2) is 0 Å². The SMILES string of the molecule is O=C(O)CCCNC(=O)CCC(NCc1ccc(Cn2c3ccccc3c3cc(-c4nn[nH]n4)ccc32)cc1)C(=O)NCCCC(=O)O. The lowest BCUT2D eigenvalue weighted by Crippen LogP contribution is -2.45. The highest BCUT2D eigenvalue weighted by Crippen LogP contribution is 2.32. The lowest BCUT2D eigenvalue weighted by molar-refractivity contribution is -0.138. The minimum atomic E-state index is -0.935. The number of carbonyl (C=O) groups excluding carboxylic acids is 2. The number of para-hydroxylation sites is 1. The maximum atomic E-state index is 13.0. The van der Waals surface area contributed by atoms with Gasteiger partial charge in [-0.3, -0.25) is 19.2 Å². The molecule has 2 amide bonds. The van der Waals surface area contributed by atoms with E-state index in [2.05, 4.69) is 77.5 Å². The van der Waals surface area contributed by atoms with Gasteiger partial charge in [-0.25, -0.2) is 0 Å². The van der Waals surface area contributed by atoms with Gasteiger partial charge in [0.1, 0.15) is 0 Å². The number of rotatable bonds is 18. The predicted molar refractivity (Wildman–Crippen MR) is 178 cm³/mol. The number of carboxylic acid groups (broad SMARTS) is 2. The Hall–Kier alpha value is -5.63. The van der Waals surface area contributed by atoms with Gasteiger partial charge in [-0.15, -0.1) is 10.2 Å². The summed E-state index contributed by atoms with van der Waals surface area (Å²) < 4.78 is 2.27. The average Bonchev–Trinajstić information content (AvgIpc) is 3.73. The zero-order valence-electron chi connectivity index (χ0n) is 26.3. The fourth-order valence-electron chi connectivity index (χ4n) is 5.56. The first-order chi connectivity index (χ1) is 23.3. The van der Waals surface area contributed by atoms with Crippen LogP contribution in [0.4, 0.5) is 0 Å². The maximum absolute atomic E-state index is 13.0. The van der Waals surface area contributed by atoms with Crippen LogP contribution >= 0.6 is 0 Å². The Labute approximate surface area is 275 Å². The van der Waals surface area contributed by atoms with Crippen molar-refractivity contribution >= 4 is 45.6 Å². The monoisotopic (exact) mass is 654 g/mol. The number of nitrogens with zero attached hydrogens (tertiary/aromatic N) is 4. The van der Waals surface area contributed by atoms with Gasteiger partial charge in [-0.1, -0.05) is 42.5 Å². The van der Waals surface area contributed by atoms with Crippen LogP contribution in [0.1, 0.15) is 49.7 Å². The number of amides is 2. The van der Waals surface area contributed by atoms with E-state index in [-0.39, 0.29) is 50.6 Å². The molecule has 0 aliphatic rings. The van der Waals surface area contributed by atoms with E-state index in [0.717, 1.165) is 38.5 Å². The molecule has 6 N–H and O–H groups in total. The number of tetrazole rings is 1. The van der Waals surface area contributed by atoms with Gasteiger partial charge in [0.2, 0.25) is 17.6 Å². The van der Waals surface area contributed by atoms with Crippen LogP contribution < -0.4 is 16.0 Å². The van der Waals surface area contributed by atoms with E-state index in [4.69, 9.17) is 10.2 Å². The summed E-state index contributed by atoms with van der Waals surface area (Å²) in [4.78, 5) is 46.8. The van der Waals surface area contributed by atoms with Crippen LogP contribution in [0.15, 0.2) is 66.7 Å². The van der Waals surface area contributed by atoms with Gasteiger partial charge in [0, 0.05) is 72.8 Å². The van der Waals surface area contributed by atoms with Crippen LogP contribution in [0, 0.1) is 0 Å². The third-order valence-corrected chi connectivity index (χ3v) is 8.02. The topological polar surface area (TPSA) is 204 Å². The summed E-state index contributed by atoms with van der Waals surface area (Å²) in [5.74, 6) is -1.92. The highest BCUT2D eigenvalue weighted by atomic mass is 16.4. The number of aliphatic carboxylic acids is 2. The van der Waals surface area contributed by atoms with Gasteiger partial charge in [-0.2, -0.15) is 5.21 Å². The molecule has 0 bridgehead atoms. The Kier molecular flexibility index (Phi) is 11.4. The zero-order valence-corrected chi connectivity index (χ0v) is 26.3. The van der Waals surface area contributed by atoms with Crippen LogP contribution in [-0.2, 0) is 32.3 Å². The van der Waals surface area contributed by atoms with Crippen molar-refractivity contribution in [1.82, 2.24) is 41.1 Å². The number of carbonyl (C=O) groups is 4. The molecule has 0 aliphatic heterocycles. The second-order valence-electron chi connectivity index (χ2n) is 11.5. The molecule has 3 aromatic carbocycles. The normalized spacial score (nSPS) is 11.8. The number of hydrogen-bond acceptors (Lipinski definition) is 8. The predicted octanol–water partition coefficient (Wildman–Crippen LogP) is 3.22. The number of H-pyrrole nitrogens is 1. The van der Waals surface area contributed by atoms with Crippen molar-refractivity contribution < 1.29 is 29.4 Å². The van der Waals surface area contributed by atoms with Crippen LogP contribution in [0.2, 0.25) is 0 Å². The Morgan fingerprint density at radius 2 is 1.48 bits per heavy atom. The van der Waals surface area contributed by atoms with Crippen molar-refractivity contribution in [2.24, 2.45) is 0 Å². The molecule has 48 heavy (non-hydrogen) atoms. The summed E-state index contributed by atoms with van der Waals surface area (Å²) >= 11 is 0. The Bertz CT molecular complexity index is 1870. The molecule has 0 aliphatic carbocycles. The summed E-state index contributed by atoms with van der Waals surface area (Å²) in [6.07, 6.45) is 0.814. The molecule has 1 atom stereocenters. The molecule has 14 nitrogen and oxygen atoms in total. The van der Waals surface area contributed by atoms with E-state index in [1.807, 2.05) is 30.3 Å². The molecule has 2 aromatic heterocycles. The molecule has 0 fully saturated rings. The number of benzene rings is 3. The molecule has 0 radical (unpaired) electrons. The quantitative estimate of drug-likeness (QED) is 0.0761. The van der Waals surface area contributed by atoms with Gasteiger partial charge >= 0.3 is 11.9 Å². The molecule has 1 unspecified atom stereocenters. The molecular weight excluding hydrogens is 616 g/mol. The molecule has 0 spiro atoms. The third-order valence-electron chi connectivity index (χ3n) is 8.02. The first kappa shape index (κ1) is 33.7. The number of aromatic amines is 1.